The summed E-state index contributed by atoms with van der Waals surface area (Å²) in [5, 5.41) is 0. The molecule has 1 saturated heterocycles. The van der Waals surface area contributed by atoms with E-state index in [1.54, 1.807) is 43.3 Å². The van der Waals surface area contributed by atoms with Crippen molar-refractivity contribution in [2.24, 2.45) is 0 Å². The van der Waals surface area contributed by atoms with Gasteiger partial charge < -0.3 is 4.74 Å². The van der Waals surface area contributed by atoms with Crippen LogP contribution in [0.1, 0.15) is 30.5 Å². The Morgan fingerprint density at radius 2 is 1.56 bits per heavy atom. The lowest BCUT2D eigenvalue weighted by atomic mass is 10.1. The van der Waals surface area contributed by atoms with Crippen LogP contribution in [0.4, 0.5) is 5.69 Å². The molecule has 3 aromatic rings. The number of imide groups is 1. The largest absolute Gasteiger partial charge is 0.497 e. The van der Waals surface area contributed by atoms with Gasteiger partial charge in [-0.3, -0.25) is 9.59 Å². The third kappa shape index (κ3) is 4.34. The Kier molecular flexibility index (Phi) is 6.54. The van der Waals surface area contributed by atoms with Crippen molar-refractivity contribution < 1.29 is 22.7 Å². The van der Waals surface area contributed by atoms with Gasteiger partial charge in [-0.25, -0.2) is 13.3 Å². The highest BCUT2D eigenvalue weighted by atomic mass is 32.2. The summed E-state index contributed by atoms with van der Waals surface area (Å²) in [6.07, 6.45) is -0.237. The number of aryl methyl sites for hydroxylation is 1. The van der Waals surface area contributed by atoms with Gasteiger partial charge in [-0.1, -0.05) is 48.0 Å². The van der Waals surface area contributed by atoms with Crippen molar-refractivity contribution in [3.63, 3.8) is 0 Å². The van der Waals surface area contributed by atoms with Crippen LogP contribution in [0.5, 0.6) is 5.75 Å². The zero-order chi connectivity index (χ0) is 24.5. The number of anilines is 1. The van der Waals surface area contributed by atoms with Crippen LogP contribution in [0, 0.1) is 6.92 Å². The molecule has 7 nitrogen and oxygen atoms in total. The summed E-state index contributed by atoms with van der Waals surface area (Å²) < 4.78 is 34.1. The maximum atomic E-state index is 13.9. The van der Waals surface area contributed by atoms with E-state index < -0.39 is 33.9 Å². The first-order valence-corrected chi connectivity index (χ1v) is 12.3. The topological polar surface area (TPSA) is 84.0 Å². The summed E-state index contributed by atoms with van der Waals surface area (Å²) in [6.45, 7) is 3.63. The number of nitrogens with zero attached hydrogens (tertiary/aromatic N) is 2. The Bertz CT molecular complexity index is 1290. The maximum Gasteiger partial charge on any atom is 0.252 e. The predicted molar refractivity (Wildman–Crippen MR) is 129 cm³/mol. The van der Waals surface area contributed by atoms with E-state index in [4.69, 9.17) is 4.74 Å². The highest BCUT2D eigenvalue weighted by Crippen LogP contribution is 2.36. The number of carbonyl (C=O) groups is 2. The van der Waals surface area contributed by atoms with Gasteiger partial charge in [0.25, 0.3) is 5.91 Å². The lowest BCUT2D eigenvalue weighted by Crippen LogP contribution is -2.46. The molecule has 1 heterocycles. The van der Waals surface area contributed by atoms with Crippen LogP contribution in [0.15, 0.2) is 83.8 Å². The van der Waals surface area contributed by atoms with Gasteiger partial charge in [0, 0.05) is 6.04 Å². The summed E-state index contributed by atoms with van der Waals surface area (Å²) >= 11 is 0. The van der Waals surface area contributed by atoms with E-state index in [0.29, 0.717) is 17.0 Å². The highest BCUT2D eigenvalue weighted by Gasteiger charge is 2.48. The van der Waals surface area contributed by atoms with E-state index in [1.165, 1.54) is 23.5 Å². The van der Waals surface area contributed by atoms with Crippen molar-refractivity contribution in [1.82, 2.24) is 4.31 Å². The zero-order valence-electron chi connectivity index (χ0n) is 19.2. The van der Waals surface area contributed by atoms with Crippen molar-refractivity contribution >= 4 is 27.5 Å². The molecule has 176 valence electrons. The Morgan fingerprint density at radius 1 is 0.941 bits per heavy atom. The second-order valence-electron chi connectivity index (χ2n) is 8.22. The van der Waals surface area contributed by atoms with Crippen LogP contribution in [0.3, 0.4) is 0 Å². The third-order valence-corrected chi connectivity index (χ3v) is 8.01. The van der Waals surface area contributed by atoms with Crippen molar-refractivity contribution in [2.75, 3.05) is 12.0 Å². The minimum absolute atomic E-state index is 0.0186. The van der Waals surface area contributed by atoms with E-state index in [0.717, 1.165) is 10.5 Å². The average molecular weight is 479 g/mol. The fourth-order valence-corrected chi connectivity index (χ4v) is 5.93. The molecule has 0 spiro atoms. The summed E-state index contributed by atoms with van der Waals surface area (Å²) in [7, 11) is -2.65. The molecule has 3 aromatic carbocycles. The lowest BCUT2D eigenvalue weighted by molar-refractivity contribution is -0.122. The molecule has 8 heteroatoms. The minimum Gasteiger partial charge on any atom is -0.497 e. The molecule has 0 N–H and O–H groups in total. The maximum absolute atomic E-state index is 13.9. The van der Waals surface area contributed by atoms with E-state index in [2.05, 4.69) is 0 Å². The van der Waals surface area contributed by atoms with Crippen molar-refractivity contribution in [1.29, 1.82) is 0 Å². The molecule has 2 amide bonds. The van der Waals surface area contributed by atoms with Gasteiger partial charge in [-0.05, 0) is 55.8 Å². The molecular formula is C26H26N2O5S. The van der Waals surface area contributed by atoms with Gasteiger partial charge in [0.1, 0.15) is 11.8 Å². The summed E-state index contributed by atoms with van der Waals surface area (Å²) in [5.41, 5.74) is 2.13. The molecule has 0 saturated carbocycles. The third-order valence-electron chi connectivity index (χ3n) is 6.02. The first-order chi connectivity index (χ1) is 16.2. The molecule has 1 aliphatic heterocycles. The predicted octanol–water partition coefficient (Wildman–Crippen LogP) is 4.09. The Labute approximate surface area is 199 Å². The van der Waals surface area contributed by atoms with Crippen LogP contribution in [0.25, 0.3) is 0 Å². The van der Waals surface area contributed by atoms with Gasteiger partial charge in [0.2, 0.25) is 15.9 Å². The number of amides is 2. The zero-order valence-corrected chi connectivity index (χ0v) is 20.0. The number of carbonyl (C=O) groups excluding carboxylic acids is 2. The SMILES string of the molecule is COc1ccc(S(=O)(=O)N(C2CC(=O)N(c3ccc(C)cc3)C2=O)C(C)c2ccccc2)cc1. The van der Waals surface area contributed by atoms with E-state index in [1.807, 2.05) is 37.3 Å². The van der Waals surface area contributed by atoms with Gasteiger partial charge in [-0.15, -0.1) is 0 Å². The molecule has 0 radical (unpaired) electrons. The molecule has 0 aliphatic carbocycles. The minimum atomic E-state index is -4.15. The standard InChI is InChI=1S/C26H26N2O5S/c1-18-9-11-21(12-10-18)27-25(29)17-24(26(27)30)28(19(2)20-7-5-4-6-8-20)34(31,32)23-15-13-22(33-3)14-16-23/h4-16,19,24H,17H2,1-3H3. The van der Waals surface area contributed by atoms with Gasteiger partial charge in [-0.2, -0.15) is 4.31 Å². The average Bonchev–Trinajstić information content (AvgIpc) is 3.13. The second kappa shape index (κ2) is 9.40. The number of hydrogen-bond acceptors (Lipinski definition) is 5. The van der Waals surface area contributed by atoms with Crippen LogP contribution < -0.4 is 9.64 Å². The Morgan fingerprint density at radius 3 is 2.15 bits per heavy atom. The molecule has 34 heavy (non-hydrogen) atoms. The number of sulfonamides is 1. The summed E-state index contributed by atoms with van der Waals surface area (Å²) in [5.74, 6) is -0.484. The summed E-state index contributed by atoms with van der Waals surface area (Å²) in [4.78, 5) is 27.6. The van der Waals surface area contributed by atoms with Crippen LogP contribution >= 0.6 is 0 Å². The lowest BCUT2D eigenvalue weighted by Gasteiger charge is -2.32. The number of benzene rings is 3. The molecule has 2 atom stereocenters. The number of methoxy groups -OCH3 is 1. The second-order valence-corrected chi connectivity index (χ2v) is 10.1. The van der Waals surface area contributed by atoms with Crippen LogP contribution in [0.2, 0.25) is 0 Å². The van der Waals surface area contributed by atoms with Crippen LogP contribution in [-0.2, 0) is 19.6 Å². The molecule has 0 bridgehead atoms. The highest BCUT2D eigenvalue weighted by molar-refractivity contribution is 7.89. The number of hydrogen-bond donors (Lipinski definition) is 0. The van der Waals surface area contributed by atoms with E-state index in [9.17, 15) is 18.0 Å². The smallest absolute Gasteiger partial charge is 0.252 e. The molecule has 4 rings (SSSR count). The summed E-state index contributed by atoms with van der Waals surface area (Å²) in [6, 6.07) is 20.2. The van der Waals surface area contributed by atoms with Crippen LogP contribution in [-0.4, -0.2) is 37.7 Å². The van der Waals surface area contributed by atoms with Crippen molar-refractivity contribution in [2.45, 2.75) is 37.2 Å². The van der Waals surface area contributed by atoms with E-state index >= 15 is 0 Å². The first kappa shape index (κ1) is 23.7. The first-order valence-electron chi connectivity index (χ1n) is 10.9. The van der Waals surface area contributed by atoms with Crippen molar-refractivity contribution in [3.05, 3.63) is 90.0 Å². The molecule has 0 aromatic heterocycles. The quantitative estimate of drug-likeness (QED) is 0.478. The van der Waals surface area contributed by atoms with Gasteiger partial charge in [0.15, 0.2) is 0 Å². The fraction of sp³-hybridized carbons (Fsp3) is 0.231. The monoisotopic (exact) mass is 478 g/mol. The molecular weight excluding hydrogens is 452 g/mol. The Hall–Kier alpha value is -3.49. The van der Waals surface area contributed by atoms with E-state index in [-0.39, 0.29) is 11.3 Å². The fourth-order valence-electron chi connectivity index (χ4n) is 4.17. The molecule has 1 fully saturated rings. The number of ether oxygens (including phenoxy) is 1. The van der Waals surface area contributed by atoms with Gasteiger partial charge >= 0.3 is 0 Å². The number of rotatable bonds is 7. The molecule has 1 aliphatic rings. The van der Waals surface area contributed by atoms with Gasteiger partial charge in [0.05, 0.1) is 24.1 Å². The Balaban J connectivity index is 1.78. The molecule has 2 unspecified atom stereocenters. The normalized spacial score (nSPS) is 17.3. The van der Waals surface area contributed by atoms with Crippen molar-refractivity contribution in [3.8, 4) is 5.75 Å².